The maximum absolute atomic E-state index is 13.4. The van der Waals surface area contributed by atoms with Crippen LogP contribution in [0.3, 0.4) is 0 Å². The summed E-state index contributed by atoms with van der Waals surface area (Å²) in [7, 11) is 0. The number of aliphatic hydroxyl groups excluding tert-OH is 11. The standard InChI is InChI=1S/C66H113NO18/c1-3-5-7-9-11-13-15-17-19-21-23-24-26-28-30-32-34-36-38-40-42-44-54(72)67-49(50(71)43-41-39-37-35-33-31-29-27-25-22-20-18-16-14-12-10-8-6-4-2)48-80-64-60(78)57(75)62(52(46-69)82-64)85-66-61(79)58(76)63(53(47-70)83-66)84-65-59(77)56(74)55(73)51(45-68)81-65/h5,7,11,13,17,19,23-24,28,30,34,36,41,43,49-53,55-66,68-71,73-79H,3-4,6,8-10,12,14-16,18,20-22,25-27,29,31-33,35,37-40,42,44-48H2,1-2H3,(H,67,72)/b7-5-,13-11-,19-17-,24-23-,30-28-,36-34-,43-41+. The van der Waals surface area contributed by atoms with Crippen molar-refractivity contribution in [1.82, 2.24) is 5.32 Å². The van der Waals surface area contributed by atoms with Gasteiger partial charge < -0.3 is 89.9 Å². The third-order valence-electron chi connectivity index (χ3n) is 15.7. The molecule has 12 N–H and O–H groups in total. The fourth-order valence-corrected chi connectivity index (χ4v) is 10.4. The van der Waals surface area contributed by atoms with Gasteiger partial charge in [-0.25, -0.2) is 0 Å². The predicted octanol–water partition coefficient (Wildman–Crippen LogP) is 7.15. The highest BCUT2D eigenvalue weighted by Gasteiger charge is 2.53. The number of unbranched alkanes of at least 4 members (excludes halogenated alkanes) is 19. The fraction of sp³-hybridized carbons (Fsp3) is 0.773. The lowest BCUT2D eigenvalue weighted by Crippen LogP contribution is -2.66. The molecule has 0 aromatic heterocycles. The Kier molecular flexibility index (Phi) is 43.0. The molecule has 3 fully saturated rings. The molecule has 0 aliphatic carbocycles. The summed E-state index contributed by atoms with van der Waals surface area (Å²) in [6, 6.07) is -1.00. The summed E-state index contributed by atoms with van der Waals surface area (Å²) in [5.41, 5.74) is 0. The molecule has 17 atom stereocenters. The Labute approximate surface area is 508 Å². The Bertz CT molecular complexity index is 1880. The van der Waals surface area contributed by atoms with Crippen LogP contribution in [0.4, 0.5) is 0 Å². The lowest BCUT2D eigenvalue weighted by molar-refractivity contribution is -0.379. The van der Waals surface area contributed by atoms with Gasteiger partial charge >= 0.3 is 0 Å². The summed E-state index contributed by atoms with van der Waals surface area (Å²) in [4.78, 5) is 13.4. The zero-order chi connectivity index (χ0) is 61.9. The van der Waals surface area contributed by atoms with Crippen molar-refractivity contribution in [3.05, 3.63) is 85.1 Å². The van der Waals surface area contributed by atoms with E-state index in [-0.39, 0.29) is 18.9 Å². The molecule has 0 saturated carbocycles. The van der Waals surface area contributed by atoms with Gasteiger partial charge in [0.25, 0.3) is 0 Å². The molecule has 19 nitrogen and oxygen atoms in total. The Morgan fingerprint density at radius 1 is 0.435 bits per heavy atom. The molecule has 3 heterocycles. The number of carbonyl (C=O) groups excluding carboxylic acids is 1. The molecule has 490 valence electrons. The van der Waals surface area contributed by atoms with E-state index in [9.17, 15) is 61.0 Å². The van der Waals surface area contributed by atoms with E-state index in [1.807, 2.05) is 6.08 Å². The third kappa shape index (κ3) is 30.8. The highest BCUT2D eigenvalue weighted by atomic mass is 16.8. The average Bonchev–Trinajstić information content (AvgIpc) is 3.10. The lowest BCUT2D eigenvalue weighted by atomic mass is 9.96. The van der Waals surface area contributed by atoms with Gasteiger partial charge in [0.1, 0.15) is 73.2 Å². The summed E-state index contributed by atoms with van der Waals surface area (Å²) < 4.78 is 34.3. The topological polar surface area (TPSA) is 307 Å². The zero-order valence-electron chi connectivity index (χ0n) is 51.3. The van der Waals surface area contributed by atoms with Gasteiger partial charge in [0.2, 0.25) is 5.91 Å². The van der Waals surface area contributed by atoms with Crippen LogP contribution in [0.15, 0.2) is 85.1 Å². The second-order valence-corrected chi connectivity index (χ2v) is 22.8. The smallest absolute Gasteiger partial charge is 0.220 e. The van der Waals surface area contributed by atoms with Crippen LogP contribution in [-0.4, -0.2) is 193 Å². The molecular weight excluding hydrogens is 1090 g/mol. The maximum Gasteiger partial charge on any atom is 0.220 e. The van der Waals surface area contributed by atoms with E-state index in [1.54, 1.807) is 6.08 Å². The van der Waals surface area contributed by atoms with Gasteiger partial charge in [-0.15, -0.1) is 0 Å². The number of aliphatic hydroxyl groups is 11. The Balaban J connectivity index is 1.50. The van der Waals surface area contributed by atoms with Crippen LogP contribution in [-0.2, 0) is 33.2 Å². The van der Waals surface area contributed by atoms with Crippen molar-refractivity contribution < 1.29 is 89.4 Å². The van der Waals surface area contributed by atoms with E-state index in [4.69, 9.17) is 28.4 Å². The quantitative estimate of drug-likeness (QED) is 0.0213. The number of allylic oxidation sites excluding steroid dienone is 13. The van der Waals surface area contributed by atoms with Crippen molar-refractivity contribution in [1.29, 1.82) is 0 Å². The van der Waals surface area contributed by atoms with Gasteiger partial charge in [-0.05, 0) is 70.6 Å². The molecule has 0 radical (unpaired) electrons. The van der Waals surface area contributed by atoms with E-state index < -0.39 is 124 Å². The first kappa shape index (κ1) is 76.2. The van der Waals surface area contributed by atoms with Gasteiger partial charge in [-0.3, -0.25) is 4.79 Å². The van der Waals surface area contributed by atoms with Gasteiger partial charge in [0, 0.05) is 6.42 Å². The van der Waals surface area contributed by atoms with Gasteiger partial charge in [0.05, 0.1) is 38.6 Å². The maximum atomic E-state index is 13.4. The molecule has 85 heavy (non-hydrogen) atoms. The van der Waals surface area contributed by atoms with Crippen LogP contribution in [0.25, 0.3) is 0 Å². The molecule has 17 unspecified atom stereocenters. The Morgan fingerprint density at radius 2 is 0.812 bits per heavy atom. The first-order valence-corrected chi connectivity index (χ1v) is 32.3. The molecule has 0 aromatic carbocycles. The number of carbonyl (C=O) groups is 1. The SMILES string of the molecule is CC/C=C\C/C=C\C/C=C\C/C=C\C/C=C\C/C=C\CCCCC(=O)NC(COC1OC(CO)C(OC2OC(CO)C(OC3OC(CO)C(O)C(O)C3O)C(O)C2O)C(O)C1O)C(O)/C=C/CCCCCCCCCCCCCCCCCCC. The van der Waals surface area contributed by atoms with Crippen molar-refractivity contribution in [3.63, 3.8) is 0 Å². The number of hydrogen-bond donors (Lipinski definition) is 12. The lowest BCUT2D eigenvalue weighted by Gasteiger charge is -2.48. The number of nitrogens with one attached hydrogen (secondary N) is 1. The highest BCUT2D eigenvalue weighted by molar-refractivity contribution is 5.76. The second-order valence-electron chi connectivity index (χ2n) is 22.8. The molecule has 0 bridgehead atoms. The van der Waals surface area contributed by atoms with Crippen molar-refractivity contribution in [2.24, 2.45) is 0 Å². The van der Waals surface area contributed by atoms with E-state index in [0.29, 0.717) is 6.42 Å². The largest absolute Gasteiger partial charge is 0.394 e. The number of rotatable bonds is 47. The molecule has 3 saturated heterocycles. The summed E-state index contributed by atoms with van der Waals surface area (Å²) in [6.07, 6.45) is 32.7. The minimum Gasteiger partial charge on any atom is -0.394 e. The van der Waals surface area contributed by atoms with E-state index >= 15 is 0 Å². The molecular formula is C66H113NO18. The van der Waals surface area contributed by atoms with Gasteiger partial charge in [0.15, 0.2) is 18.9 Å². The molecule has 3 aliphatic rings. The van der Waals surface area contributed by atoms with E-state index in [0.717, 1.165) is 77.0 Å². The molecule has 3 aliphatic heterocycles. The van der Waals surface area contributed by atoms with Crippen LogP contribution in [0, 0.1) is 0 Å². The van der Waals surface area contributed by atoms with Gasteiger partial charge in [-0.2, -0.15) is 0 Å². The van der Waals surface area contributed by atoms with Crippen LogP contribution < -0.4 is 5.32 Å². The predicted molar refractivity (Wildman–Crippen MR) is 328 cm³/mol. The van der Waals surface area contributed by atoms with Crippen molar-refractivity contribution >= 4 is 5.91 Å². The number of ether oxygens (including phenoxy) is 6. The Hall–Kier alpha value is -3.03. The van der Waals surface area contributed by atoms with E-state index in [1.165, 1.54) is 89.9 Å². The minimum absolute atomic E-state index is 0.184. The van der Waals surface area contributed by atoms with Crippen molar-refractivity contribution in [2.75, 3.05) is 26.4 Å². The van der Waals surface area contributed by atoms with Crippen molar-refractivity contribution in [3.8, 4) is 0 Å². The average molecular weight is 1210 g/mol. The van der Waals surface area contributed by atoms with Crippen molar-refractivity contribution in [2.45, 2.75) is 298 Å². The first-order valence-electron chi connectivity index (χ1n) is 32.3. The third-order valence-corrected chi connectivity index (χ3v) is 15.7. The molecule has 0 spiro atoms. The molecule has 3 rings (SSSR count). The van der Waals surface area contributed by atoms with Crippen LogP contribution in [0.2, 0.25) is 0 Å². The van der Waals surface area contributed by atoms with Crippen LogP contribution in [0.1, 0.15) is 194 Å². The molecule has 0 aromatic rings. The Morgan fingerprint density at radius 3 is 1.27 bits per heavy atom. The molecule has 1 amide bonds. The zero-order valence-corrected chi connectivity index (χ0v) is 51.3. The normalized spacial score (nSPS) is 29.5. The number of amides is 1. The fourth-order valence-electron chi connectivity index (χ4n) is 10.4. The second kappa shape index (κ2) is 47.9. The summed E-state index contributed by atoms with van der Waals surface area (Å²) in [5.74, 6) is -0.320. The summed E-state index contributed by atoms with van der Waals surface area (Å²) >= 11 is 0. The van der Waals surface area contributed by atoms with Crippen LogP contribution in [0.5, 0.6) is 0 Å². The summed E-state index contributed by atoms with van der Waals surface area (Å²) in [5, 5.41) is 120. The summed E-state index contributed by atoms with van der Waals surface area (Å²) in [6.45, 7) is 1.57. The van der Waals surface area contributed by atoms with Gasteiger partial charge in [-0.1, -0.05) is 202 Å². The van der Waals surface area contributed by atoms with Crippen LogP contribution >= 0.6 is 0 Å². The number of hydrogen-bond acceptors (Lipinski definition) is 18. The molecule has 19 heteroatoms. The highest BCUT2D eigenvalue weighted by Crippen LogP contribution is 2.33. The minimum atomic E-state index is -1.99. The first-order chi connectivity index (χ1) is 41.3. The monoisotopic (exact) mass is 1210 g/mol. The van der Waals surface area contributed by atoms with E-state index in [2.05, 4.69) is 92.1 Å².